The lowest BCUT2D eigenvalue weighted by Gasteiger charge is -1.80. The fourth-order valence-corrected chi connectivity index (χ4v) is 0.433. The van der Waals surface area contributed by atoms with E-state index in [2.05, 4.69) is 15.9 Å². The second-order valence-electron chi connectivity index (χ2n) is 0.939. The van der Waals surface area contributed by atoms with E-state index in [4.69, 9.17) is 6.85 Å². The highest BCUT2D eigenvalue weighted by Gasteiger charge is 1.74. The number of hydrogen-bond donors (Lipinski definition) is 0. The van der Waals surface area contributed by atoms with Gasteiger partial charge in [0.1, 0.15) is 0 Å². The smallest absolute Gasteiger partial charge is 0.0622 e. The van der Waals surface area contributed by atoms with Gasteiger partial charge in [-0.15, -0.1) is 0 Å². The van der Waals surface area contributed by atoms with Crippen molar-refractivity contribution in [3.05, 3.63) is 34.7 Å². The molecule has 0 saturated carbocycles. The molecule has 0 atom stereocenters. The third kappa shape index (κ3) is 1.32. The predicted octanol–water partition coefficient (Wildman–Crippen LogP) is 2.45. The SMILES string of the molecule is [3H]c1c([3H])c([3H])c(Br)c([3H])c1[3H]. The Labute approximate surface area is 58.3 Å². The molecule has 0 aliphatic carbocycles. The van der Waals surface area contributed by atoms with Crippen LogP contribution in [-0.4, -0.2) is 0 Å². The molecular formula is C6H5Br. The Morgan fingerprint density at radius 2 is 1.86 bits per heavy atom. The summed E-state index contributed by atoms with van der Waals surface area (Å²) in [4.78, 5) is 0. The van der Waals surface area contributed by atoms with E-state index >= 15 is 0 Å². The zero-order valence-electron chi connectivity index (χ0n) is 8.38. The molecular weight excluding hydrogens is 152 g/mol. The topological polar surface area (TPSA) is 0 Å². The Bertz CT molecular complexity index is 230. The Balaban J connectivity index is 3.60. The van der Waals surface area contributed by atoms with Crippen molar-refractivity contribution in [3.63, 3.8) is 0 Å². The van der Waals surface area contributed by atoms with Crippen molar-refractivity contribution in [1.29, 1.82) is 0 Å². The molecule has 0 radical (unpaired) electrons. The van der Waals surface area contributed by atoms with Crippen molar-refractivity contribution in [2.45, 2.75) is 0 Å². The first-order chi connectivity index (χ1) is 5.46. The molecule has 0 amide bonds. The molecule has 7 heavy (non-hydrogen) atoms. The van der Waals surface area contributed by atoms with Gasteiger partial charge in [-0.1, -0.05) is 34.1 Å². The monoisotopic (exact) mass is 166 g/mol. The Morgan fingerprint density at radius 1 is 1.29 bits per heavy atom. The quantitative estimate of drug-likeness (QED) is 0.556. The lowest BCUT2D eigenvalue weighted by atomic mass is 10.4. The van der Waals surface area contributed by atoms with Gasteiger partial charge in [0.25, 0.3) is 0 Å². The molecule has 36 valence electrons. The number of benzene rings is 1. The first kappa shape index (κ1) is 1.59. The average Bonchev–Trinajstić information content (AvgIpc) is 2.08. The van der Waals surface area contributed by atoms with Crippen molar-refractivity contribution in [2.75, 3.05) is 0 Å². The molecule has 1 aromatic rings. The van der Waals surface area contributed by atoms with E-state index in [-0.39, 0.29) is 34.7 Å². The lowest BCUT2D eigenvalue weighted by molar-refractivity contribution is 1.66. The van der Waals surface area contributed by atoms with E-state index in [1.54, 1.807) is 0 Å². The lowest BCUT2D eigenvalue weighted by Crippen LogP contribution is -1.55. The Morgan fingerprint density at radius 3 is 2.43 bits per heavy atom. The highest BCUT2D eigenvalue weighted by Crippen LogP contribution is 2.05. The summed E-state index contributed by atoms with van der Waals surface area (Å²) in [5.74, 6) is 0. The van der Waals surface area contributed by atoms with Crippen LogP contribution in [0.25, 0.3) is 0 Å². The van der Waals surface area contributed by atoms with Gasteiger partial charge in [-0.05, 0) is 12.1 Å². The summed E-state index contributed by atoms with van der Waals surface area (Å²) >= 11 is 2.92. The zero-order valence-corrected chi connectivity index (χ0v) is 4.96. The van der Waals surface area contributed by atoms with Crippen LogP contribution in [-0.2, 0) is 0 Å². The van der Waals surface area contributed by atoms with Crippen LogP contribution in [0.2, 0.25) is 0 Å². The molecule has 1 rings (SSSR count). The first-order valence-corrected chi connectivity index (χ1v) is 2.48. The van der Waals surface area contributed by atoms with Crippen molar-refractivity contribution in [3.8, 4) is 0 Å². The van der Waals surface area contributed by atoms with Gasteiger partial charge < -0.3 is 0 Å². The number of rotatable bonds is 0. The second kappa shape index (κ2) is 2.12. The predicted molar refractivity (Wildman–Crippen MR) is 34.1 cm³/mol. The maximum atomic E-state index is 7.26. The molecule has 0 spiro atoms. The Kier molecular flexibility index (Phi) is 0.482. The molecule has 0 aromatic heterocycles. The molecule has 0 bridgehead atoms. The minimum Gasteiger partial charge on any atom is -0.0622 e. The van der Waals surface area contributed by atoms with E-state index < -0.39 is 0 Å². The second-order valence-corrected chi connectivity index (χ2v) is 1.73. The molecule has 0 fully saturated rings. The van der Waals surface area contributed by atoms with Crippen molar-refractivity contribution in [1.82, 2.24) is 0 Å². The van der Waals surface area contributed by atoms with Crippen LogP contribution in [0.4, 0.5) is 0 Å². The minimum absolute atomic E-state index is 0.105. The van der Waals surface area contributed by atoms with Gasteiger partial charge in [0.05, 0.1) is 6.85 Å². The van der Waals surface area contributed by atoms with Crippen LogP contribution in [0.1, 0.15) is 6.85 Å². The van der Waals surface area contributed by atoms with Crippen LogP contribution in [0.3, 0.4) is 0 Å². The number of halogens is 1. The molecule has 0 heterocycles. The maximum Gasteiger partial charge on any atom is 0.0635 e. The van der Waals surface area contributed by atoms with Gasteiger partial charge in [0.2, 0.25) is 0 Å². The minimum atomic E-state index is -0.367. The summed E-state index contributed by atoms with van der Waals surface area (Å²) in [5, 5.41) is 0. The molecule has 1 heteroatoms. The fraction of sp³-hybridized carbons (Fsp3) is 0. The standard InChI is InChI=1S/C6H5Br/c7-6-4-2-1-3-5-6/h1-5H/i1T,2T,3T,4T,5T. The van der Waals surface area contributed by atoms with Crippen LogP contribution in [0.15, 0.2) is 34.7 Å². The molecule has 0 saturated heterocycles. The van der Waals surface area contributed by atoms with Crippen LogP contribution in [0, 0.1) is 0 Å². The van der Waals surface area contributed by atoms with Crippen molar-refractivity contribution >= 4 is 15.9 Å². The third-order valence-electron chi connectivity index (χ3n) is 0.469. The van der Waals surface area contributed by atoms with Crippen molar-refractivity contribution in [2.24, 2.45) is 0 Å². The molecule has 0 aliphatic heterocycles. The summed E-state index contributed by atoms with van der Waals surface area (Å²) in [6, 6.07) is -1.42. The summed E-state index contributed by atoms with van der Waals surface area (Å²) in [6.07, 6.45) is 0. The average molecular weight is 167 g/mol. The van der Waals surface area contributed by atoms with Gasteiger partial charge >= 0.3 is 0 Å². The van der Waals surface area contributed by atoms with Gasteiger partial charge in [-0.25, -0.2) is 0 Å². The summed E-state index contributed by atoms with van der Waals surface area (Å²) < 4.78 is 36.2. The first-order valence-electron chi connectivity index (χ1n) is 4.19. The maximum absolute atomic E-state index is 7.26. The molecule has 0 aliphatic rings. The van der Waals surface area contributed by atoms with Gasteiger partial charge in [0.15, 0.2) is 0 Å². The molecule has 0 nitrogen and oxygen atoms in total. The molecule has 0 unspecified atom stereocenters. The van der Waals surface area contributed by atoms with Crippen molar-refractivity contribution < 1.29 is 6.85 Å². The fourth-order valence-electron chi connectivity index (χ4n) is 0.235. The summed E-state index contributed by atoms with van der Waals surface area (Å²) in [6.45, 7) is 0. The normalized spacial score (nSPS) is 18.7. The van der Waals surface area contributed by atoms with E-state index in [1.807, 2.05) is 0 Å². The third-order valence-corrected chi connectivity index (χ3v) is 0.866. The Hall–Kier alpha value is -0.300. The highest BCUT2D eigenvalue weighted by molar-refractivity contribution is 9.10. The largest absolute Gasteiger partial charge is 0.0635 e. The highest BCUT2D eigenvalue weighted by atomic mass is 79.9. The van der Waals surface area contributed by atoms with E-state index in [9.17, 15) is 0 Å². The molecule has 1 aromatic carbocycles. The van der Waals surface area contributed by atoms with Crippen LogP contribution < -0.4 is 0 Å². The van der Waals surface area contributed by atoms with Gasteiger partial charge in [-0.3, -0.25) is 0 Å². The van der Waals surface area contributed by atoms with E-state index in [0.29, 0.717) is 0 Å². The van der Waals surface area contributed by atoms with Crippen LogP contribution in [0.5, 0.6) is 0 Å². The van der Waals surface area contributed by atoms with E-state index in [1.165, 1.54) is 0 Å². The zero-order chi connectivity index (χ0) is 9.46. The molecule has 0 N–H and O–H groups in total. The summed E-state index contributed by atoms with van der Waals surface area (Å²) in [5.41, 5.74) is 0. The van der Waals surface area contributed by atoms with Gasteiger partial charge in [0, 0.05) is 4.47 Å². The summed E-state index contributed by atoms with van der Waals surface area (Å²) in [7, 11) is 0. The number of hydrogen-bond acceptors (Lipinski definition) is 0. The van der Waals surface area contributed by atoms with Gasteiger partial charge in [-0.2, -0.15) is 0 Å². The van der Waals surface area contributed by atoms with Crippen LogP contribution >= 0.6 is 15.9 Å². The van der Waals surface area contributed by atoms with E-state index in [0.717, 1.165) is 0 Å².